The molecular weight excluding hydrogens is 266 g/mol. The predicted molar refractivity (Wildman–Crippen MR) is 81.5 cm³/mol. The number of fused-ring (bicyclic) bond motifs is 1. The fourth-order valence-corrected chi connectivity index (χ4v) is 2.34. The highest BCUT2D eigenvalue weighted by Crippen LogP contribution is 2.18. The lowest BCUT2D eigenvalue weighted by molar-refractivity contribution is -0.120. The summed E-state index contributed by atoms with van der Waals surface area (Å²) < 4.78 is 1.58. The van der Waals surface area contributed by atoms with E-state index in [1.54, 1.807) is 17.9 Å². The predicted octanol–water partition coefficient (Wildman–Crippen LogP) is 1.34. The molecule has 0 radical (unpaired) electrons. The number of carbonyl (C=O) groups is 1. The van der Waals surface area contributed by atoms with E-state index in [1.165, 1.54) is 0 Å². The van der Waals surface area contributed by atoms with E-state index in [-0.39, 0.29) is 5.91 Å². The van der Waals surface area contributed by atoms with Gasteiger partial charge in [-0.25, -0.2) is 0 Å². The van der Waals surface area contributed by atoms with E-state index in [2.05, 4.69) is 15.4 Å². The van der Waals surface area contributed by atoms with Crippen molar-refractivity contribution in [2.75, 3.05) is 5.73 Å². The maximum Gasteiger partial charge on any atom is 0.224 e. The summed E-state index contributed by atoms with van der Waals surface area (Å²) in [5.41, 5.74) is 8.69. The van der Waals surface area contributed by atoms with Gasteiger partial charge in [-0.05, 0) is 11.6 Å². The number of para-hydroxylation sites is 1. The second-order valence-corrected chi connectivity index (χ2v) is 4.99. The smallest absolute Gasteiger partial charge is 0.224 e. The molecule has 1 amide bonds. The fraction of sp³-hybridized carbons (Fsp3) is 0.200. The number of amides is 1. The Labute approximate surface area is 121 Å². The minimum atomic E-state index is -0.0389. The average molecular weight is 283 g/mol. The third-order valence-corrected chi connectivity index (χ3v) is 3.57. The molecule has 3 rings (SSSR count). The number of H-pyrrole nitrogens is 1. The molecule has 0 aliphatic carbocycles. The summed E-state index contributed by atoms with van der Waals surface area (Å²) in [4.78, 5) is 15.2. The first-order valence-corrected chi connectivity index (χ1v) is 6.73. The second kappa shape index (κ2) is 5.32. The maximum absolute atomic E-state index is 12.1. The molecule has 21 heavy (non-hydrogen) atoms. The largest absolute Gasteiger partial charge is 0.384 e. The van der Waals surface area contributed by atoms with Gasteiger partial charge in [-0.1, -0.05) is 18.2 Å². The lowest BCUT2D eigenvalue weighted by atomic mass is 10.1. The van der Waals surface area contributed by atoms with Crippen molar-refractivity contribution in [1.82, 2.24) is 20.1 Å². The van der Waals surface area contributed by atoms with Crippen molar-refractivity contribution >= 4 is 22.6 Å². The van der Waals surface area contributed by atoms with E-state index >= 15 is 0 Å². The third kappa shape index (κ3) is 2.60. The molecule has 108 valence electrons. The van der Waals surface area contributed by atoms with Gasteiger partial charge in [-0.3, -0.25) is 9.48 Å². The van der Waals surface area contributed by atoms with Crippen molar-refractivity contribution < 1.29 is 4.79 Å². The van der Waals surface area contributed by atoms with Gasteiger partial charge in [0.15, 0.2) is 0 Å². The van der Waals surface area contributed by atoms with Crippen molar-refractivity contribution in [1.29, 1.82) is 0 Å². The average Bonchev–Trinajstić information content (AvgIpc) is 3.03. The molecular formula is C15H17N5O. The Morgan fingerprint density at radius 3 is 2.95 bits per heavy atom. The van der Waals surface area contributed by atoms with Gasteiger partial charge >= 0.3 is 0 Å². The van der Waals surface area contributed by atoms with E-state index in [4.69, 9.17) is 5.73 Å². The molecule has 0 aliphatic rings. The zero-order valence-electron chi connectivity index (χ0n) is 11.8. The molecule has 0 unspecified atom stereocenters. The lowest BCUT2D eigenvalue weighted by Gasteiger charge is -2.04. The molecule has 2 heterocycles. The second-order valence-electron chi connectivity index (χ2n) is 4.99. The summed E-state index contributed by atoms with van der Waals surface area (Å²) in [6, 6.07) is 7.93. The summed E-state index contributed by atoms with van der Waals surface area (Å²) in [6.45, 7) is 0.390. The van der Waals surface area contributed by atoms with Crippen LogP contribution in [0.3, 0.4) is 0 Å². The monoisotopic (exact) mass is 283 g/mol. The molecule has 6 heteroatoms. The van der Waals surface area contributed by atoms with E-state index in [9.17, 15) is 4.79 Å². The van der Waals surface area contributed by atoms with Gasteiger partial charge in [0.25, 0.3) is 0 Å². The summed E-state index contributed by atoms with van der Waals surface area (Å²) in [6.07, 6.45) is 3.88. The highest BCUT2D eigenvalue weighted by atomic mass is 16.1. The van der Waals surface area contributed by atoms with Crippen LogP contribution in [0.2, 0.25) is 0 Å². The van der Waals surface area contributed by atoms with Crippen molar-refractivity contribution in [2.45, 2.75) is 13.0 Å². The normalized spacial score (nSPS) is 10.9. The molecule has 0 bridgehead atoms. The molecule has 4 N–H and O–H groups in total. The van der Waals surface area contributed by atoms with Crippen LogP contribution in [0.15, 0.2) is 36.7 Å². The molecule has 0 spiro atoms. The van der Waals surface area contributed by atoms with Crippen LogP contribution < -0.4 is 11.1 Å². The lowest BCUT2D eigenvalue weighted by Crippen LogP contribution is -2.24. The van der Waals surface area contributed by atoms with Crippen LogP contribution in [0.4, 0.5) is 5.82 Å². The van der Waals surface area contributed by atoms with Gasteiger partial charge < -0.3 is 16.0 Å². The van der Waals surface area contributed by atoms with Crippen LogP contribution in [-0.2, 0) is 24.8 Å². The topological polar surface area (TPSA) is 88.7 Å². The van der Waals surface area contributed by atoms with E-state index in [0.29, 0.717) is 18.8 Å². The zero-order chi connectivity index (χ0) is 14.8. The van der Waals surface area contributed by atoms with Crippen LogP contribution in [0, 0.1) is 0 Å². The van der Waals surface area contributed by atoms with Crippen LogP contribution in [0.5, 0.6) is 0 Å². The Morgan fingerprint density at radius 1 is 1.38 bits per heavy atom. The van der Waals surface area contributed by atoms with Gasteiger partial charge in [0.1, 0.15) is 5.82 Å². The Bertz CT molecular complexity index is 786. The molecule has 6 nitrogen and oxygen atoms in total. The first-order chi connectivity index (χ1) is 10.1. The number of rotatable bonds is 4. The summed E-state index contributed by atoms with van der Waals surface area (Å²) >= 11 is 0. The minimum Gasteiger partial charge on any atom is -0.384 e. The van der Waals surface area contributed by atoms with E-state index in [1.807, 2.05) is 30.5 Å². The highest BCUT2D eigenvalue weighted by molar-refractivity contribution is 5.88. The minimum absolute atomic E-state index is 0.0389. The van der Waals surface area contributed by atoms with Gasteiger partial charge in [0, 0.05) is 36.3 Å². The number of nitrogens with two attached hydrogens (primary N) is 1. The van der Waals surface area contributed by atoms with Gasteiger partial charge in [0.2, 0.25) is 5.91 Å². The quantitative estimate of drug-likeness (QED) is 0.675. The Kier molecular flexibility index (Phi) is 3.35. The summed E-state index contributed by atoms with van der Waals surface area (Å²) in [7, 11) is 1.77. The maximum atomic E-state index is 12.1. The molecule has 0 saturated heterocycles. The number of nitrogens with one attached hydrogen (secondary N) is 2. The van der Waals surface area contributed by atoms with Crippen LogP contribution in [0.1, 0.15) is 11.1 Å². The number of carbonyl (C=O) groups excluding carboxylic acids is 1. The number of nitrogens with zero attached hydrogens (tertiary/aromatic N) is 2. The molecule has 2 aromatic heterocycles. The summed E-state index contributed by atoms with van der Waals surface area (Å²) in [5.74, 6) is 0.533. The molecule has 0 fully saturated rings. The van der Waals surface area contributed by atoms with Crippen LogP contribution >= 0.6 is 0 Å². The van der Waals surface area contributed by atoms with E-state index in [0.717, 1.165) is 22.0 Å². The van der Waals surface area contributed by atoms with Gasteiger partial charge in [-0.2, -0.15) is 5.10 Å². The Morgan fingerprint density at radius 2 is 2.19 bits per heavy atom. The SMILES string of the molecule is Cn1ncc(CNC(=O)Cc2c[nH]c3ccccc23)c1N. The van der Waals surface area contributed by atoms with Crippen molar-refractivity contribution in [2.24, 2.45) is 7.05 Å². The number of aromatic amines is 1. The van der Waals surface area contributed by atoms with Gasteiger partial charge in [-0.15, -0.1) is 0 Å². The Hall–Kier alpha value is -2.76. The highest BCUT2D eigenvalue weighted by Gasteiger charge is 2.10. The molecule has 1 aromatic carbocycles. The number of benzene rings is 1. The summed E-state index contributed by atoms with van der Waals surface area (Å²) in [5, 5.41) is 7.99. The number of nitrogen functional groups attached to an aromatic ring is 1. The fourth-order valence-electron chi connectivity index (χ4n) is 2.34. The molecule has 0 aliphatic heterocycles. The van der Waals surface area contributed by atoms with Gasteiger partial charge in [0.05, 0.1) is 12.6 Å². The number of hydrogen-bond donors (Lipinski definition) is 3. The number of aromatic nitrogens is 3. The van der Waals surface area contributed by atoms with E-state index < -0.39 is 0 Å². The first kappa shape index (κ1) is 13.2. The van der Waals surface area contributed by atoms with Crippen molar-refractivity contribution in [3.63, 3.8) is 0 Å². The number of anilines is 1. The third-order valence-electron chi connectivity index (χ3n) is 3.57. The molecule has 3 aromatic rings. The standard InChI is InChI=1S/C15H17N5O/c1-20-15(16)11(9-19-20)8-18-14(21)6-10-7-17-13-5-3-2-4-12(10)13/h2-5,7,9,17H,6,8,16H2,1H3,(H,18,21). The Balaban J connectivity index is 1.65. The van der Waals surface area contributed by atoms with Crippen molar-refractivity contribution in [3.8, 4) is 0 Å². The van der Waals surface area contributed by atoms with Crippen molar-refractivity contribution in [3.05, 3.63) is 47.8 Å². The van der Waals surface area contributed by atoms with Crippen LogP contribution in [0.25, 0.3) is 10.9 Å². The molecule has 0 saturated carbocycles. The first-order valence-electron chi connectivity index (χ1n) is 6.73. The van der Waals surface area contributed by atoms with Crippen LogP contribution in [-0.4, -0.2) is 20.7 Å². The number of hydrogen-bond acceptors (Lipinski definition) is 3. The zero-order valence-corrected chi connectivity index (χ0v) is 11.8. The molecule has 0 atom stereocenters. The number of aryl methyl sites for hydroxylation is 1.